The maximum Gasteiger partial charge on any atom is 0.251 e. The molecule has 0 saturated heterocycles. The molecule has 0 saturated carbocycles. The second kappa shape index (κ2) is 6.52. The second-order valence-corrected chi connectivity index (χ2v) is 5.68. The molecule has 5 nitrogen and oxygen atoms in total. The molecule has 2 heterocycles. The maximum atomic E-state index is 12.3. The molecule has 0 unspecified atom stereocenters. The number of aryl methyl sites for hydroxylation is 1. The van der Waals surface area contributed by atoms with E-state index in [0.717, 1.165) is 22.7 Å². The van der Waals surface area contributed by atoms with Crippen molar-refractivity contribution in [3.63, 3.8) is 0 Å². The summed E-state index contributed by atoms with van der Waals surface area (Å²) in [6.07, 6.45) is 2.33. The predicted octanol–water partition coefficient (Wildman–Crippen LogP) is 3.34. The van der Waals surface area contributed by atoms with Crippen LogP contribution in [0.3, 0.4) is 0 Å². The SMILES string of the molecule is Cc1cc(C[C@H](C)NC(=O)c2ccc(-c3ccco3)cc2)n[nH]1. The van der Waals surface area contributed by atoms with Crippen LogP contribution in [0.4, 0.5) is 0 Å². The zero-order valence-corrected chi connectivity index (χ0v) is 13.2. The van der Waals surface area contributed by atoms with Gasteiger partial charge in [0, 0.05) is 29.3 Å². The first-order valence-corrected chi connectivity index (χ1v) is 7.57. The zero-order chi connectivity index (χ0) is 16.2. The van der Waals surface area contributed by atoms with Gasteiger partial charge in [0.05, 0.1) is 12.0 Å². The van der Waals surface area contributed by atoms with Crippen LogP contribution in [0.5, 0.6) is 0 Å². The van der Waals surface area contributed by atoms with Crippen LogP contribution < -0.4 is 5.32 Å². The number of carbonyl (C=O) groups is 1. The van der Waals surface area contributed by atoms with Gasteiger partial charge in [-0.15, -0.1) is 0 Å². The molecule has 5 heteroatoms. The van der Waals surface area contributed by atoms with Gasteiger partial charge in [0.2, 0.25) is 0 Å². The quantitative estimate of drug-likeness (QED) is 0.759. The summed E-state index contributed by atoms with van der Waals surface area (Å²) in [4.78, 5) is 12.3. The minimum absolute atomic E-state index is 0.00921. The van der Waals surface area contributed by atoms with Gasteiger partial charge in [0.1, 0.15) is 5.76 Å². The highest BCUT2D eigenvalue weighted by atomic mass is 16.3. The fourth-order valence-electron chi connectivity index (χ4n) is 2.48. The normalized spacial score (nSPS) is 12.1. The summed E-state index contributed by atoms with van der Waals surface area (Å²) in [5, 5.41) is 10.1. The van der Waals surface area contributed by atoms with Crippen molar-refractivity contribution >= 4 is 5.91 Å². The third-order valence-electron chi connectivity index (χ3n) is 3.60. The molecule has 1 amide bonds. The van der Waals surface area contributed by atoms with Crippen molar-refractivity contribution in [2.24, 2.45) is 0 Å². The van der Waals surface area contributed by atoms with Crippen molar-refractivity contribution in [1.82, 2.24) is 15.5 Å². The maximum absolute atomic E-state index is 12.3. The standard InChI is InChI=1S/C18H19N3O2/c1-12(10-16-11-13(2)20-21-16)19-18(22)15-7-5-14(6-8-15)17-4-3-9-23-17/h3-9,11-12H,10H2,1-2H3,(H,19,22)(H,20,21)/t12-/m0/s1. The summed E-state index contributed by atoms with van der Waals surface area (Å²) in [7, 11) is 0. The van der Waals surface area contributed by atoms with E-state index >= 15 is 0 Å². The van der Waals surface area contributed by atoms with Gasteiger partial charge in [0.15, 0.2) is 0 Å². The van der Waals surface area contributed by atoms with Crippen molar-refractivity contribution in [3.05, 3.63) is 65.7 Å². The number of aromatic amines is 1. The summed E-state index contributed by atoms with van der Waals surface area (Å²) in [5.41, 5.74) is 3.55. The van der Waals surface area contributed by atoms with Crippen LogP contribution in [-0.2, 0) is 6.42 Å². The molecule has 118 valence electrons. The first-order valence-electron chi connectivity index (χ1n) is 7.57. The number of amides is 1. The van der Waals surface area contributed by atoms with Crippen LogP contribution in [0.1, 0.15) is 28.7 Å². The highest BCUT2D eigenvalue weighted by Gasteiger charge is 2.12. The number of aromatic nitrogens is 2. The first-order chi connectivity index (χ1) is 11.1. The van der Waals surface area contributed by atoms with Crippen molar-refractivity contribution in [1.29, 1.82) is 0 Å². The molecule has 3 rings (SSSR count). The molecular formula is C18H19N3O2. The molecular weight excluding hydrogens is 290 g/mol. The highest BCUT2D eigenvalue weighted by molar-refractivity contribution is 5.94. The molecule has 0 aliphatic rings. The average Bonchev–Trinajstić information content (AvgIpc) is 3.19. The van der Waals surface area contributed by atoms with Gasteiger partial charge in [-0.3, -0.25) is 9.89 Å². The smallest absolute Gasteiger partial charge is 0.251 e. The Morgan fingerprint density at radius 1 is 1.30 bits per heavy atom. The summed E-state index contributed by atoms with van der Waals surface area (Å²) < 4.78 is 5.34. The minimum atomic E-state index is -0.0873. The predicted molar refractivity (Wildman–Crippen MR) is 88.1 cm³/mol. The number of H-pyrrole nitrogens is 1. The van der Waals surface area contributed by atoms with E-state index < -0.39 is 0 Å². The van der Waals surface area contributed by atoms with Gasteiger partial charge in [-0.2, -0.15) is 5.10 Å². The van der Waals surface area contributed by atoms with Gasteiger partial charge in [-0.05, 0) is 44.2 Å². The first kappa shape index (κ1) is 15.1. The van der Waals surface area contributed by atoms with Crippen LogP contribution >= 0.6 is 0 Å². The largest absolute Gasteiger partial charge is 0.464 e. The minimum Gasteiger partial charge on any atom is -0.464 e. The highest BCUT2D eigenvalue weighted by Crippen LogP contribution is 2.20. The number of nitrogens with zero attached hydrogens (tertiary/aromatic N) is 1. The number of rotatable bonds is 5. The molecule has 1 atom stereocenters. The van der Waals surface area contributed by atoms with Crippen molar-refractivity contribution < 1.29 is 9.21 Å². The van der Waals surface area contributed by atoms with Gasteiger partial charge < -0.3 is 9.73 Å². The van der Waals surface area contributed by atoms with E-state index in [1.807, 2.05) is 44.2 Å². The number of nitrogens with one attached hydrogen (secondary N) is 2. The lowest BCUT2D eigenvalue weighted by atomic mass is 10.1. The molecule has 0 bridgehead atoms. The zero-order valence-electron chi connectivity index (χ0n) is 13.2. The van der Waals surface area contributed by atoms with Crippen LogP contribution in [-0.4, -0.2) is 22.1 Å². The Hall–Kier alpha value is -2.82. The Balaban J connectivity index is 1.61. The molecule has 0 radical (unpaired) electrons. The molecule has 3 aromatic rings. The van der Waals surface area contributed by atoms with E-state index in [-0.39, 0.29) is 11.9 Å². The van der Waals surface area contributed by atoms with E-state index in [1.54, 1.807) is 18.4 Å². The molecule has 2 N–H and O–H groups in total. The van der Waals surface area contributed by atoms with Gasteiger partial charge in [-0.25, -0.2) is 0 Å². The Morgan fingerprint density at radius 3 is 2.70 bits per heavy atom. The lowest BCUT2D eigenvalue weighted by molar-refractivity contribution is 0.0940. The van der Waals surface area contributed by atoms with Gasteiger partial charge in [0.25, 0.3) is 5.91 Å². The van der Waals surface area contributed by atoms with Crippen molar-refractivity contribution in [2.75, 3.05) is 0 Å². The Morgan fingerprint density at radius 2 is 2.09 bits per heavy atom. The van der Waals surface area contributed by atoms with Crippen molar-refractivity contribution in [2.45, 2.75) is 26.3 Å². The van der Waals surface area contributed by atoms with Crippen LogP contribution in [0.25, 0.3) is 11.3 Å². The number of hydrogen-bond acceptors (Lipinski definition) is 3. The van der Waals surface area contributed by atoms with Gasteiger partial charge in [-0.1, -0.05) is 12.1 Å². The Labute approximate surface area is 134 Å². The van der Waals surface area contributed by atoms with Crippen LogP contribution in [0.15, 0.2) is 53.1 Å². The monoisotopic (exact) mass is 309 g/mol. The molecule has 23 heavy (non-hydrogen) atoms. The van der Waals surface area contributed by atoms with E-state index in [0.29, 0.717) is 12.0 Å². The third-order valence-corrected chi connectivity index (χ3v) is 3.60. The lowest BCUT2D eigenvalue weighted by Crippen LogP contribution is -2.34. The molecule has 0 fully saturated rings. The molecule has 0 spiro atoms. The summed E-state index contributed by atoms with van der Waals surface area (Å²) in [6, 6.07) is 13.1. The number of hydrogen-bond donors (Lipinski definition) is 2. The Kier molecular flexibility index (Phi) is 4.28. The summed E-state index contributed by atoms with van der Waals surface area (Å²) in [5.74, 6) is 0.704. The fraction of sp³-hybridized carbons (Fsp3) is 0.222. The second-order valence-electron chi connectivity index (χ2n) is 5.68. The van der Waals surface area contributed by atoms with E-state index in [2.05, 4.69) is 15.5 Å². The van der Waals surface area contributed by atoms with Crippen LogP contribution in [0, 0.1) is 6.92 Å². The molecule has 0 aliphatic heterocycles. The Bertz CT molecular complexity index is 773. The fourth-order valence-corrected chi connectivity index (χ4v) is 2.48. The van der Waals surface area contributed by atoms with Crippen LogP contribution in [0.2, 0.25) is 0 Å². The van der Waals surface area contributed by atoms with E-state index in [9.17, 15) is 4.79 Å². The number of benzene rings is 1. The molecule has 0 aliphatic carbocycles. The summed E-state index contributed by atoms with van der Waals surface area (Å²) in [6.45, 7) is 3.93. The summed E-state index contributed by atoms with van der Waals surface area (Å²) >= 11 is 0. The van der Waals surface area contributed by atoms with Gasteiger partial charge >= 0.3 is 0 Å². The topological polar surface area (TPSA) is 70.9 Å². The van der Waals surface area contributed by atoms with E-state index in [1.165, 1.54) is 0 Å². The van der Waals surface area contributed by atoms with Crippen molar-refractivity contribution in [3.8, 4) is 11.3 Å². The number of carbonyl (C=O) groups excluding carboxylic acids is 1. The molecule has 2 aromatic heterocycles. The molecule has 1 aromatic carbocycles. The average molecular weight is 309 g/mol. The van der Waals surface area contributed by atoms with E-state index in [4.69, 9.17) is 4.42 Å². The number of furan rings is 1. The third kappa shape index (κ3) is 3.69. The lowest BCUT2D eigenvalue weighted by Gasteiger charge is -2.12.